The molecule has 0 aromatic rings. The Labute approximate surface area is 97.6 Å². The smallest absolute Gasteiger partial charge is 0.320 e. The molecule has 0 amide bonds. The molecule has 94 valence electrons. The van der Waals surface area contributed by atoms with Crippen LogP contribution in [0.15, 0.2) is 0 Å². The highest BCUT2D eigenvalue weighted by Gasteiger charge is 2.42. The van der Waals surface area contributed by atoms with E-state index < -0.39 is 12.0 Å². The first kappa shape index (κ1) is 13.5. The quantitative estimate of drug-likeness (QED) is 0.775. The molecule has 16 heavy (non-hydrogen) atoms. The average Bonchev–Trinajstić information content (AvgIpc) is 2.49. The van der Waals surface area contributed by atoms with Crippen molar-refractivity contribution in [2.45, 2.75) is 33.7 Å². The van der Waals surface area contributed by atoms with Crippen molar-refractivity contribution < 1.29 is 14.6 Å². The lowest BCUT2D eigenvalue weighted by Crippen LogP contribution is -2.38. The molecule has 4 heteroatoms. The molecule has 1 aliphatic heterocycles. The highest BCUT2D eigenvalue weighted by molar-refractivity contribution is 5.72. The molecular weight excluding hydrogens is 206 g/mol. The topological polar surface area (TPSA) is 49.8 Å². The van der Waals surface area contributed by atoms with E-state index >= 15 is 0 Å². The van der Waals surface area contributed by atoms with E-state index in [1.165, 1.54) is 0 Å². The lowest BCUT2D eigenvalue weighted by molar-refractivity contribution is -0.142. The molecule has 1 fully saturated rings. The second kappa shape index (κ2) is 5.15. The predicted molar refractivity (Wildman–Crippen MR) is 62.4 cm³/mol. The van der Waals surface area contributed by atoms with Crippen molar-refractivity contribution in [1.29, 1.82) is 0 Å². The fourth-order valence-electron chi connectivity index (χ4n) is 2.24. The predicted octanol–water partition coefficient (Wildman–Crippen LogP) is 1.45. The summed E-state index contributed by atoms with van der Waals surface area (Å²) in [6, 6.07) is -0.397. The normalized spacial score (nSPS) is 26.9. The first-order valence-electron chi connectivity index (χ1n) is 5.93. The van der Waals surface area contributed by atoms with Crippen molar-refractivity contribution in [2.24, 2.45) is 11.3 Å². The molecule has 0 radical (unpaired) electrons. The van der Waals surface area contributed by atoms with Crippen LogP contribution in [0.5, 0.6) is 0 Å². The van der Waals surface area contributed by atoms with Gasteiger partial charge in [0.15, 0.2) is 0 Å². The molecule has 0 aliphatic carbocycles. The molecule has 0 bridgehead atoms. The number of ether oxygens (including phenoxy) is 1. The van der Waals surface area contributed by atoms with Gasteiger partial charge in [-0.05, 0) is 19.3 Å². The SMILES string of the molecule is CCOC[C@H]1CN([C@H](C)C(=O)O)CC1(C)C. The number of nitrogens with zero attached hydrogens (tertiary/aromatic N) is 1. The minimum atomic E-state index is -0.743. The Bertz CT molecular complexity index is 253. The standard InChI is InChI=1S/C12H23NO3/c1-5-16-7-10-6-13(8-12(10,3)4)9(2)11(14)15/h9-10H,5-8H2,1-4H3,(H,14,15)/t9-,10-/m1/s1. The third-order valence-corrected chi connectivity index (χ3v) is 3.60. The van der Waals surface area contributed by atoms with Gasteiger partial charge in [-0.3, -0.25) is 9.69 Å². The lowest BCUT2D eigenvalue weighted by Gasteiger charge is -2.25. The molecule has 1 rings (SSSR count). The Balaban J connectivity index is 2.60. The molecule has 1 saturated heterocycles. The minimum Gasteiger partial charge on any atom is -0.480 e. The summed E-state index contributed by atoms with van der Waals surface area (Å²) in [6.07, 6.45) is 0. The maximum Gasteiger partial charge on any atom is 0.320 e. The van der Waals surface area contributed by atoms with E-state index in [1.807, 2.05) is 11.8 Å². The number of aliphatic carboxylic acids is 1. The highest BCUT2D eigenvalue weighted by Crippen LogP contribution is 2.36. The van der Waals surface area contributed by atoms with Crippen LogP contribution in [0.2, 0.25) is 0 Å². The summed E-state index contributed by atoms with van der Waals surface area (Å²) in [6.45, 7) is 11.2. The third kappa shape index (κ3) is 2.95. The van der Waals surface area contributed by atoms with Crippen LogP contribution >= 0.6 is 0 Å². The van der Waals surface area contributed by atoms with Gasteiger partial charge in [-0.1, -0.05) is 13.8 Å². The van der Waals surface area contributed by atoms with Crippen LogP contribution in [0.25, 0.3) is 0 Å². The van der Waals surface area contributed by atoms with Gasteiger partial charge in [-0.25, -0.2) is 0 Å². The second-order valence-corrected chi connectivity index (χ2v) is 5.29. The van der Waals surface area contributed by atoms with E-state index in [4.69, 9.17) is 9.84 Å². The van der Waals surface area contributed by atoms with Crippen LogP contribution in [-0.4, -0.2) is 48.3 Å². The minimum absolute atomic E-state index is 0.138. The van der Waals surface area contributed by atoms with Crippen LogP contribution in [0.1, 0.15) is 27.7 Å². The third-order valence-electron chi connectivity index (χ3n) is 3.60. The molecule has 4 nitrogen and oxygen atoms in total. The van der Waals surface area contributed by atoms with Crippen molar-refractivity contribution in [3.8, 4) is 0 Å². The van der Waals surface area contributed by atoms with Crippen molar-refractivity contribution in [3.05, 3.63) is 0 Å². The second-order valence-electron chi connectivity index (χ2n) is 5.29. The zero-order valence-electron chi connectivity index (χ0n) is 10.7. The Morgan fingerprint density at radius 1 is 1.62 bits per heavy atom. The molecule has 1 N–H and O–H groups in total. The molecule has 2 atom stereocenters. The summed E-state index contributed by atoms with van der Waals surface area (Å²) in [4.78, 5) is 13.0. The van der Waals surface area contributed by atoms with Gasteiger partial charge in [-0.2, -0.15) is 0 Å². The van der Waals surface area contributed by atoms with Crippen LogP contribution < -0.4 is 0 Å². The summed E-state index contributed by atoms with van der Waals surface area (Å²) >= 11 is 0. The van der Waals surface area contributed by atoms with Crippen molar-refractivity contribution >= 4 is 5.97 Å². The van der Waals surface area contributed by atoms with E-state index in [1.54, 1.807) is 6.92 Å². The van der Waals surface area contributed by atoms with Gasteiger partial charge in [0, 0.05) is 25.6 Å². The van der Waals surface area contributed by atoms with Crippen molar-refractivity contribution in [2.75, 3.05) is 26.3 Å². The Morgan fingerprint density at radius 3 is 2.75 bits per heavy atom. The molecule has 0 aromatic carbocycles. The first-order valence-corrected chi connectivity index (χ1v) is 5.93. The Morgan fingerprint density at radius 2 is 2.25 bits per heavy atom. The number of carboxylic acids is 1. The van der Waals surface area contributed by atoms with Crippen molar-refractivity contribution in [1.82, 2.24) is 4.90 Å². The van der Waals surface area contributed by atoms with E-state index in [9.17, 15) is 4.79 Å². The van der Waals surface area contributed by atoms with Gasteiger partial charge >= 0.3 is 5.97 Å². The molecular formula is C12H23NO3. The summed E-state index contributed by atoms with van der Waals surface area (Å²) in [7, 11) is 0. The monoisotopic (exact) mass is 229 g/mol. The fourth-order valence-corrected chi connectivity index (χ4v) is 2.24. The zero-order chi connectivity index (χ0) is 12.3. The molecule has 1 heterocycles. The maximum absolute atomic E-state index is 10.9. The van der Waals surface area contributed by atoms with E-state index in [0.717, 1.165) is 26.3 Å². The number of hydrogen-bond acceptors (Lipinski definition) is 3. The Kier molecular flexibility index (Phi) is 4.33. The lowest BCUT2D eigenvalue weighted by atomic mass is 9.83. The summed E-state index contributed by atoms with van der Waals surface area (Å²) in [5, 5.41) is 9.00. The molecule has 0 saturated carbocycles. The molecule has 0 unspecified atom stereocenters. The summed E-state index contributed by atoms with van der Waals surface area (Å²) in [5.41, 5.74) is 0.138. The number of hydrogen-bond donors (Lipinski definition) is 1. The van der Waals surface area contributed by atoms with Crippen LogP contribution in [0.4, 0.5) is 0 Å². The van der Waals surface area contributed by atoms with Gasteiger partial charge in [0.25, 0.3) is 0 Å². The van der Waals surface area contributed by atoms with Crippen LogP contribution in [0, 0.1) is 11.3 Å². The highest BCUT2D eigenvalue weighted by atomic mass is 16.5. The van der Waals surface area contributed by atoms with Gasteiger partial charge in [0.2, 0.25) is 0 Å². The van der Waals surface area contributed by atoms with Gasteiger partial charge in [-0.15, -0.1) is 0 Å². The van der Waals surface area contributed by atoms with E-state index in [0.29, 0.717) is 5.92 Å². The van der Waals surface area contributed by atoms with Gasteiger partial charge in [0.05, 0.1) is 6.61 Å². The summed E-state index contributed by atoms with van der Waals surface area (Å²) < 4.78 is 5.47. The number of likely N-dealkylation sites (tertiary alicyclic amines) is 1. The molecule has 1 aliphatic rings. The largest absolute Gasteiger partial charge is 0.480 e. The zero-order valence-corrected chi connectivity index (χ0v) is 10.7. The number of rotatable bonds is 5. The first-order chi connectivity index (χ1) is 7.38. The van der Waals surface area contributed by atoms with Gasteiger partial charge < -0.3 is 9.84 Å². The summed E-state index contributed by atoms with van der Waals surface area (Å²) in [5.74, 6) is -0.317. The molecule has 0 aromatic heterocycles. The fraction of sp³-hybridized carbons (Fsp3) is 0.917. The van der Waals surface area contributed by atoms with Gasteiger partial charge in [0.1, 0.15) is 6.04 Å². The maximum atomic E-state index is 10.9. The van der Waals surface area contributed by atoms with E-state index in [-0.39, 0.29) is 5.41 Å². The average molecular weight is 229 g/mol. The van der Waals surface area contributed by atoms with Crippen molar-refractivity contribution in [3.63, 3.8) is 0 Å². The van der Waals surface area contributed by atoms with Crippen LogP contribution in [0.3, 0.4) is 0 Å². The number of carboxylic acid groups (broad SMARTS) is 1. The van der Waals surface area contributed by atoms with E-state index in [2.05, 4.69) is 13.8 Å². The Hall–Kier alpha value is -0.610. The number of carbonyl (C=O) groups is 1. The molecule has 0 spiro atoms. The van der Waals surface area contributed by atoms with Crippen LogP contribution in [-0.2, 0) is 9.53 Å².